The van der Waals surface area contributed by atoms with Gasteiger partial charge in [-0.05, 0) is 36.6 Å². The van der Waals surface area contributed by atoms with Gasteiger partial charge in [0.05, 0.1) is 0 Å². The van der Waals surface area contributed by atoms with Crippen molar-refractivity contribution >= 4 is 0 Å². The van der Waals surface area contributed by atoms with Crippen LogP contribution in [0.3, 0.4) is 0 Å². The van der Waals surface area contributed by atoms with Gasteiger partial charge in [0.1, 0.15) is 5.82 Å². The predicted octanol–water partition coefficient (Wildman–Crippen LogP) is 3.38. The number of hydrogen-bond donors (Lipinski definition) is 1. The fraction of sp³-hybridized carbons (Fsp3) is 0.538. The standard InChI is InChI=1S/C13H20FN/c1-9(2)10(3)13(15-4)11-5-7-12(14)8-6-11/h5-10,13,15H,1-4H3. The van der Waals surface area contributed by atoms with Crippen LogP contribution in [0.25, 0.3) is 0 Å². The van der Waals surface area contributed by atoms with Crippen LogP contribution >= 0.6 is 0 Å². The van der Waals surface area contributed by atoms with Crippen molar-refractivity contribution in [3.05, 3.63) is 35.6 Å². The SMILES string of the molecule is CNC(c1ccc(F)cc1)C(C)C(C)C. The van der Waals surface area contributed by atoms with Crippen molar-refractivity contribution in [1.29, 1.82) is 0 Å². The first-order valence-electron chi connectivity index (χ1n) is 5.49. The van der Waals surface area contributed by atoms with Crippen LogP contribution in [0.15, 0.2) is 24.3 Å². The van der Waals surface area contributed by atoms with Gasteiger partial charge in [0, 0.05) is 6.04 Å². The van der Waals surface area contributed by atoms with Crippen LogP contribution in [0.1, 0.15) is 32.4 Å². The topological polar surface area (TPSA) is 12.0 Å². The summed E-state index contributed by atoms with van der Waals surface area (Å²) in [7, 11) is 1.95. The summed E-state index contributed by atoms with van der Waals surface area (Å²) in [6, 6.07) is 7.05. The van der Waals surface area contributed by atoms with E-state index in [1.165, 1.54) is 12.1 Å². The van der Waals surface area contributed by atoms with Gasteiger partial charge in [0.15, 0.2) is 0 Å². The van der Waals surface area contributed by atoms with Gasteiger partial charge in [-0.25, -0.2) is 4.39 Å². The van der Waals surface area contributed by atoms with E-state index in [1.54, 1.807) is 0 Å². The molecule has 2 unspecified atom stereocenters. The third-order valence-electron chi connectivity index (χ3n) is 3.12. The molecule has 0 amide bonds. The second kappa shape index (κ2) is 5.26. The van der Waals surface area contributed by atoms with Crippen molar-refractivity contribution in [3.8, 4) is 0 Å². The van der Waals surface area contributed by atoms with Crippen molar-refractivity contribution in [2.45, 2.75) is 26.8 Å². The monoisotopic (exact) mass is 209 g/mol. The molecule has 0 spiro atoms. The molecule has 1 aromatic carbocycles. The molecule has 0 bridgehead atoms. The minimum absolute atomic E-state index is 0.175. The Balaban J connectivity index is 2.87. The largest absolute Gasteiger partial charge is 0.313 e. The van der Waals surface area contributed by atoms with E-state index in [2.05, 4.69) is 26.1 Å². The fourth-order valence-corrected chi connectivity index (χ4v) is 1.79. The van der Waals surface area contributed by atoms with Crippen LogP contribution in [0.4, 0.5) is 4.39 Å². The average Bonchev–Trinajstić information content (AvgIpc) is 2.21. The summed E-state index contributed by atoms with van der Waals surface area (Å²) in [6.07, 6.45) is 0. The summed E-state index contributed by atoms with van der Waals surface area (Å²) in [5.41, 5.74) is 1.15. The quantitative estimate of drug-likeness (QED) is 0.801. The van der Waals surface area contributed by atoms with Crippen LogP contribution in [0.5, 0.6) is 0 Å². The lowest BCUT2D eigenvalue weighted by Crippen LogP contribution is -2.26. The lowest BCUT2D eigenvalue weighted by molar-refractivity contribution is 0.317. The molecule has 0 heterocycles. The molecule has 0 aliphatic carbocycles. The molecule has 0 fully saturated rings. The molecule has 0 saturated carbocycles. The summed E-state index contributed by atoms with van der Waals surface area (Å²) in [5, 5.41) is 3.30. The Bertz CT molecular complexity index is 292. The first-order valence-corrected chi connectivity index (χ1v) is 5.49. The molecule has 1 N–H and O–H groups in total. The minimum atomic E-state index is -0.175. The van der Waals surface area contributed by atoms with Gasteiger partial charge >= 0.3 is 0 Å². The maximum absolute atomic E-state index is 12.8. The summed E-state index contributed by atoms with van der Waals surface area (Å²) < 4.78 is 12.8. The zero-order valence-corrected chi connectivity index (χ0v) is 9.92. The number of hydrogen-bond acceptors (Lipinski definition) is 1. The molecule has 2 atom stereocenters. The van der Waals surface area contributed by atoms with E-state index in [4.69, 9.17) is 0 Å². The van der Waals surface area contributed by atoms with E-state index in [0.717, 1.165) is 5.56 Å². The Hall–Kier alpha value is -0.890. The molecule has 2 heteroatoms. The van der Waals surface area contributed by atoms with Gasteiger partial charge in [0.2, 0.25) is 0 Å². The van der Waals surface area contributed by atoms with E-state index >= 15 is 0 Å². The predicted molar refractivity (Wildman–Crippen MR) is 62.2 cm³/mol. The van der Waals surface area contributed by atoms with Crippen LogP contribution in [0.2, 0.25) is 0 Å². The molecule has 1 nitrogen and oxygen atoms in total. The number of benzene rings is 1. The number of nitrogens with one attached hydrogen (secondary N) is 1. The minimum Gasteiger partial charge on any atom is -0.313 e. The number of rotatable bonds is 4. The summed E-state index contributed by atoms with van der Waals surface area (Å²) in [6.45, 7) is 6.63. The fourth-order valence-electron chi connectivity index (χ4n) is 1.79. The van der Waals surface area contributed by atoms with E-state index < -0.39 is 0 Å². The Morgan fingerprint density at radius 3 is 2.00 bits per heavy atom. The Labute approximate surface area is 91.7 Å². The van der Waals surface area contributed by atoms with Gasteiger partial charge < -0.3 is 5.32 Å². The van der Waals surface area contributed by atoms with E-state index in [9.17, 15) is 4.39 Å². The molecule has 0 aliphatic rings. The molecule has 0 aliphatic heterocycles. The van der Waals surface area contributed by atoms with Gasteiger partial charge in [-0.2, -0.15) is 0 Å². The van der Waals surface area contributed by atoms with Crippen molar-refractivity contribution in [1.82, 2.24) is 5.32 Å². The van der Waals surface area contributed by atoms with Gasteiger partial charge in [0.25, 0.3) is 0 Å². The Morgan fingerprint density at radius 1 is 1.07 bits per heavy atom. The van der Waals surface area contributed by atoms with E-state index in [-0.39, 0.29) is 5.82 Å². The van der Waals surface area contributed by atoms with E-state index in [1.807, 2.05) is 19.2 Å². The maximum atomic E-state index is 12.8. The third kappa shape index (κ3) is 3.03. The maximum Gasteiger partial charge on any atom is 0.123 e. The van der Waals surface area contributed by atoms with Crippen LogP contribution in [-0.2, 0) is 0 Å². The van der Waals surface area contributed by atoms with Crippen LogP contribution in [0, 0.1) is 17.7 Å². The highest BCUT2D eigenvalue weighted by Crippen LogP contribution is 2.27. The molecule has 15 heavy (non-hydrogen) atoms. The normalized spacial score (nSPS) is 15.3. The molecule has 0 aromatic heterocycles. The highest BCUT2D eigenvalue weighted by atomic mass is 19.1. The van der Waals surface area contributed by atoms with Crippen LogP contribution < -0.4 is 5.32 Å². The first-order chi connectivity index (χ1) is 7.06. The summed E-state index contributed by atoms with van der Waals surface area (Å²) in [5.74, 6) is 0.957. The molecular weight excluding hydrogens is 189 g/mol. The average molecular weight is 209 g/mol. The van der Waals surface area contributed by atoms with Crippen molar-refractivity contribution in [3.63, 3.8) is 0 Å². The second-order valence-corrected chi connectivity index (χ2v) is 4.42. The summed E-state index contributed by atoms with van der Waals surface area (Å²) >= 11 is 0. The zero-order chi connectivity index (χ0) is 11.4. The Kier molecular flexibility index (Phi) is 4.28. The summed E-state index contributed by atoms with van der Waals surface area (Å²) in [4.78, 5) is 0. The van der Waals surface area contributed by atoms with Gasteiger partial charge in [-0.15, -0.1) is 0 Å². The molecule has 1 aromatic rings. The molecule has 1 rings (SSSR count). The van der Waals surface area contributed by atoms with Gasteiger partial charge in [-0.1, -0.05) is 32.9 Å². The lowest BCUT2D eigenvalue weighted by Gasteiger charge is -2.27. The van der Waals surface area contributed by atoms with Crippen molar-refractivity contribution < 1.29 is 4.39 Å². The number of halogens is 1. The first kappa shape index (κ1) is 12.2. The van der Waals surface area contributed by atoms with Crippen LogP contribution in [-0.4, -0.2) is 7.05 Å². The van der Waals surface area contributed by atoms with Gasteiger partial charge in [-0.3, -0.25) is 0 Å². The Morgan fingerprint density at radius 2 is 1.60 bits per heavy atom. The van der Waals surface area contributed by atoms with Crippen molar-refractivity contribution in [2.24, 2.45) is 11.8 Å². The smallest absolute Gasteiger partial charge is 0.123 e. The molecular formula is C13H20FN. The van der Waals surface area contributed by atoms with E-state index in [0.29, 0.717) is 17.9 Å². The highest BCUT2D eigenvalue weighted by molar-refractivity contribution is 5.20. The molecule has 0 radical (unpaired) electrons. The molecule has 84 valence electrons. The third-order valence-corrected chi connectivity index (χ3v) is 3.12. The molecule has 0 saturated heterocycles. The highest BCUT2D eigenvalue weighted by Gasteiger charge is 2.19. The zero-order valence-electron chi connectivity index (χ0n) is 9.92. The van der Waals surface area contributed by atoms with Crippen molar-refractivity contribution in [2.75, 3.05) is 7.05 Å². The lowest BCUT2D eigenvalue weighted by atomic mass is 9.86. The second-order valence-electron chi connectivity index (χ2n) is 4.42.